The summed E-state index contributed by atoms with van der Waals surface area (Å²) in [6.07, 6.45) is 1.39. The van der Waals surface area contributed by atoms with E-state index in [1.807, 2.05) is 6.92 Å². The van der Waals surface area contributed by atoms with Crippen LogP contribution < -0.4 is 10.2 Å². The number of nitrogens with zero attached hydrogens (tertiary/aromatic N) is 3. The summed E-state index contributed by atoms with van der Waals surface area (Å²) in [5.74, 6) is 1.62. The summed E-state index contributed by atoms with van der Waals surface area (Å²) in [5, 5.41) is 12.3. The topological polar surface area (TPSA) is 70.5 Å². The van der Waals surface area contributed by atoms with E-state index < -0.39 is 0 Å². The van der Waals surface area contributed by atoms with Crippen molar-refractivity contribution in [2.24, 2.45) is 0 Å². The first kappa shape index (κ1) is 13.5. The second-order valence-corrected chi connectivity index (χ2v) is 4.80. The van der Waals surface area contributed by atoms with Crippen LogP contribution in [0.15, 0.2) is 10.8 Å². The highest BCUT2D eigenvalue weighted by Crippen LogP contribution is 2.30. The van der Waals surface area contributed by atoms with Gasteiger partial charge in [0.1, 0.15) is 22.4 Å². The summed E-state index contributed by atoms with van der Waals surface area (Å²) >= 11 is 3.53. The fraction of sp³-hybridized carbons (Fsp3) is 0.636. The van der Waals surface area contributed by atoms with E-state index in [9.17, 15) is 0 Å². The van der Waals surface area contributed by atoms with Gasteiger partial charge in [-0.25, -0.2) is 9.97 Å². The summed E-state index contributed by atoms with van der Waals surface area (Å²) in [6.45, 7) is 4.84. The molecule has 0 amide bonds. The van der Waals surface area contributed by atoms with E-state index in [0.717, 1.165) is 29.2 Å². The second-order valence-electron chi connectivity index (χ2n) is 4.01. The van der Waals surface area contributed by atoms with Gasteiger partial charge in [-0.05, 0) is 22.9 Å². The van der Waals surface area contributed by atoms with Crippen molar-refractivity contribution in [3.63, 3.8) is 0 Å². The molecular weight excluding hydrogens is 300 g/mol. The molecule has 0 aliphatic carbocycles. The molecule has 1 saturated heterocycles. The Hall–Kier alpha value is -0.920. The molecule has 1 unspecified atom stereocenters. The van der Waals surface area contributed by atoms with Gasteiger partial charge in [-0.1, -0.05) is 0 Å². The number of hydrogen-bond acceptors (Lipinski definition) is 6. The lowest BCUT2D eigenvalue weighted by Gasteiger charge is -2.33. The zero-order chi connectivity index (χ0) is 13.0. The van der Waals surface area contributed by atoms with Crippen LogP contribution in [0.5, 0.6) is 0 Å². The van der Waals surface area contributed by atoms with Crippen LogP contribution in [0.3, 0.4) is 0 Å². The van der Waals surface area contributed by atoms with E-state index in [2.05, 4.69) is 36.1 Å². The molecule has 2 heterocycles. The molecule has 0 spiro atoms. The normalized spacial score (nSPS) is 19.9. The molecule has 1 aliphatic rings. The quantitative estimate of drug-likeness (QED) is 0.859. The summed E-state index contributed by atoms with van der Waals surface area (Å²) in [7, 11) is 0. The third kappa shape index (κ3) is 2.90. The number of hydrogen-bond donors (Lipinski definition) is 2. The van der Waals surface area contributed by atoms with E-state index in [0.29, 0.717) is 13.2 Å². The molecule has 0 bridgehead atoms. The molecule has 2 N–H and O–H groups in total. The van der Waals surface area contributed by atoms with Crippen LogP contribution in [0.1, 0.15) is 6.92 Å². The number of halogens is 1. The lowest BCUT2D eigenvalue weighted by atomic mass is 10.3. The molecule has 7 heteroatoms. The molecule has 1 aromatic rings. The lowest BCUT2D eigenvalue weighted by molar-refractivity contribution is 0.00332. The van der Waals surface area contributed by atoms with Crippen molar-refractivity contribution in [1.82, 2.24) is 9.97 Å². The number of anilines is 2. The largest absolute Gasteiger partial charge is 0.394 e. The van der Waals surface area contributed by atoms with Gasteiger partial charge in [-0.15, -0.1) is 0 Å². The van der Waals surface area contributed by atoms with E-state index in [1.54, 1.807) is 6.33 Å². The Morgan fingerprint density at radius 1 is 1.61 bits per heavy atom. The monoisotopic (exact) mass is 316 g/mol. The van der Waals surface area contributed by atoms with Crippen molar-refractivity contribution < 1.29 is 9.84 Å². The van der Waals surface area contributed by atoms with E-state index in [-0.39, 0.29) is 12.7 Å². The zero-order valence-electron chi connectivity index (χ0n) is 10.3. The Kier molecular flexibility index (Phi) is 4.73. The maximum atomic E-state index is 9.16. The first-order valence-corrected chi connectivity index (χ1v) is 6.77. The van der Waals surface area contributed by atoms with Gasteiger partial charge in [0.05, 0.1) is 19.3 Å². The van der Waals surface area contributed by atoms with Crippen molar-refractivity contribution in [2.45, 2.75) is 13.0 Å². The Morgan fingerprint density at radius 3 is 3.17 bits per heavy atom. The molecule has 0 aromatic carbocycles. The van der Waals surface area contributed by atoms with E-state index in [4.69, 9.17) is 9.84 Å². The van der Waals surface area contributed by atoms with Crippen LogP contribution in [0.2, 0.25) is 0 Å². The Morgan fingerprint density at radius 2 is 2.44 bits per heavy atom. The first-order valence-electron chi connectivity index (χ1n) is 5.98. The number of aliphatic hydroxyl groups excluding tert-OH is 1. The van der Waals surface area contributed by atoms with Gasteiger partial charge < -0.3 is 20.1 Å². The van der Waals surface area contributed by atoms with Crippen LogP contribution in [-0.4, -0.2) is 54.0 Å². The Bertz CT molecular complexity index is 405. The van der Waals surface area contributed by atoms with Crippen LogP contribution in [0.4, 0.5) is 11.6 Å². The van der Waals surface area contributed by atoms with Gasteiger partial charge in [0.25, 0.3) is 0 Å². The maximum Gasteiger partial charge on any atom is 0.148 e. The highest BCUT2D eigenvalue weighted by Gasteiger charge is 2.23. The molecule has 6 nitrogen and oxygen atoms in total. The smallest absolute Gasteiger partial charge is 0.148 e. The number of aliphatic hydroxyl groups is 1. The minimum atomic E-state index is -0.150. The van der Waals surface area contributed by atoms with Gasteiger partial charge in [-0.2, -0.15) is 0 Å². The standard InChI is InChI=1S/C11H17BrN4O2/c1-2-13-10-9(12)11(15-7-14-10)16-3-4-18-8(5-16)6-17/h7-8,17H,2-6H2,1H3,(H,13,14,15). The number of nitrogens with one attached hydrogen (secondary N) is 1. The molecular formula is C11H17BrN4O2. The van der Waals surface area contributed by atoms with Gasteiger partial charge in [-0.3, -0.25) is 0 Å². The summed E-state index contributed by atoms with van der Waals surface area (Å²) in [6, 6.07) is 0. The van der Waals surface area contributed by atoms with Gasteiger partial charge >= 0.3 is 0 Å². The molecule has 0 radical (unpaired) electrons. The predicted octanol–water partition coefficient (Wildman–Crippen LogP) is 0.868. The number of morpholine rings is 1. The Balaban J connectivity index is 2.19. The van der Waals surface area contributed by atoms with Gasteiger partial charge in [0.2, 0.25) is 0 Å². The molecule has 0 saturated carbocycles. The first-order chi connectivity index (χ1) is 8.76. The second kappa shape index (κ2) is 6.31. The highest BCUT2D eigenvalue weighted by atomic mass is 79.9. The van der Waals surface area contributed by atoms with Crippen LogP contribution in [0.25, 0.3) is 0 Å². The van der Waals surface area contributed by atoms with Crippen molar-refractivity contribution in [1.29, 1.82) is 0 Å². The van der Waals surface area contributed by atoms with Crippen molar-refractivity contribution >= 4 is 27.6 Å². The average molecular weight is 317 g/mol. The van der Waals surface area contributed by atoms with Crippen molar-refractivity contribution in [3.8, 4) is 0 Å². The third-order valence-corrected chi connectivity index (χ3v) is 3.49. The molecule has 2 rings (SSSR count). The number of ether oxygens (including phenoxy) is 1. The summed E-state index contributed by atoms with van der Waals surface area (Å²) in [5.41, 5.74) is 0. The lowest BCUT2D eigenvalue weighted by Crippen LogP contribution is -2.44. The number of rotatable bonds is 4. The van der Waals surface area contributed by atoms with Crippen LogP contribution in [-0.2, 0) is 4.74 Å². The third-order valence-electron chi connectivity index (χ3n) is 2.76. The fourth-order valence-corrected chi connectivity index (χ4v) is 2.49. The number of aromatic nitrogens is 2. The Labute approximate surface area is 115 Å². The maximum absolute atomic E-state index is 9.16. The minimum absolute atomic E-state index is 0.0271. The van der Waals surface area contributed by atoms with Gasteiger partial charge in [0, 0.05) is 19.6 Å². The minimum Gasteiger partial charge on any atom is -0.394 e. The SMILES string of the molecule is CCNc1ncnc(N2CCOC(CO)C2)c1Br. The van der Waals surface area contributed by atoms with E-state index in [1.165, 1.54) is 0 Å². The molecule has 18 heavy (non-hydrogen) atoms. The molecule has 1 atom stereocenters. The average Bonchev–Trinajstić information content (AvgIpc) is 2.41. The summed E-state index contributed by atoms with van der Waals surface area (Å²) < 4.78 is 6.28. The predicted molar refractivity (Wildman–Crippen MR) is 72.9 cm³/mol. The molecule has 100 valence electrons. The highest BCUT2D eigenvalue weighted by molar-refractivity contribution is 9.10. The van der Waals surface area contributed by atoms with Crippen molar-refractivity contribution in [3.05, 3.63) is 10.8 Å². The van der Waals surface area contributed by atoms with E-state index >= 15 is 0 Å². The van der Waals surface area contributed by atoms with Crippen molar-refractivity contribution in [2.75, 3.05) is 43.1 Å². The van der Waals surface area contributed by atoms with Crippen LogP contribution in [0, 0.1) is 0 Å². The summed E-state index contributed by atoms with van der Waals surface area (Å²) in [4.78, 5) is 10.6. The molecule has 1 aliphatic heterocycles. The molecule has 1 aromatic heterocycles. The fourth-order valence-electron chi connectivity index (χ4n) is 1.89. The van der Waals surface area contributed by atoms with Crippen LogP contribution >= 0.6 is 15.9 Å². The van der Waals surface area contributed by atoms with Gasteiger partial charge in [0.15, 0.2) is 0 Å². The zero-order valence-corrected chi connectivity index (χ0v) is 11.9. The molecule has 1 fully saturated rings.